The molecule has 0 aromatic carbocycles. The standard InChI is InChI=1S/C10H17NO5S/c1-3-4-9-5-6-15-17(13,14)11-10(9,7-9)16-8(2)12/h11H,3-7H2,1-2H3/t9-,10-/m1/s1. The van der Waals surface area contributed by atoms with E-state index in [9.17, 15) is 13.2 Å². The number of nitrogens with one attached hydrogen (secondary N) is 1. The predicted octanol–water partition coefficient (Wildman–Crippen LogP) is 0.691. The Labute approximate surface area is 101 Å². The van der Waals surface area contributed by atoms with E-state index in [1.165, 1.54) is 6.92 Å². The van der Waals surface area contributed by atoms with Crippen LogP contribution in [0.15, 0.2) is 0 Å². The fourth-order valence-electron chi connectivity index (χ4n) is 2.75. The summed E-state index contributed by atoms with van der Waals surface area (Å²) in [4.78, 5) is 11.1. The molecule has 1 heterocycles. The van der Waals surface area contributed by atoms with Gasteiger partial charge in [-0.2, -0.15) is 13.1 Å². The van der Waals surface area contributed by atoms with Crippen molar-refractivity contribution in [2.75, 3.05) is 6.61 Å². The van der Waals surface area contributed by atoms with Crippen molar-refractivity contribution in [1.82, 2.24) is 4.72 Å². The van der Waals surface area contributed by atoms with Crippen LogP contribution in [0.2, 0.25) is 0 Å². The largest absolute Gasteiger partial charge is 0.442 e. The highest BCUT2D eigenvalue weighted by molar-refractivity contribution is 7.84. The summed E-state index contributed by atoms with van der Waals surface area (Å²) in [5.74, 6) is -0.479. The molecule has 1 saturated heterocycles. The Morgan fingerprint density at radius 3 is 2.82 bits per heavy atom. The van der Waals surface area contributed by atoms with Crippen LogP contribution in [-0.2, 0) is 24.0 Å². The highest BCUT2D eigenvalue weighted by atomic mass is 32.2. The van der Waals surface area contributed by atoms with E-state index in [4.69, 9.17) is 8.92 Å². The molecule has 17 heavy (non-hydrogen) atoms. The zero-order chi connectivity index (χ0) is 12.7. The number of esters is 1. The quantitative estimate of drug-likeness (QED) is 0.758. The van der Waals surface area contributed by atoms with Gasteiger partial charge in [-0.15, -0.1) is 0 Å². The Kier molecular flexibility index (Phi) is 2.95. The number of hydrogen-bond donors (Lipinski definition) is 1. The van der Waals surface area contributed by atoms with Crippen LogP contribution in [-0.4, -0.2) is 26.7 Å². The van der Waals surface area contributed by atoms with Crippen molar-refractivity contribution in [1.29, 1.82) is 0 Å². The van der Waals surface area contributed by atoms with Crippen molar-refractivity contribution in [2.24, 2.45) is 5.41 Å². The molecular weight excluding hydrogens is 246 g/mol. The van der Waals surface area contributed by atoms with Crippen molar-refractivity contribution in [3.63, 3.8) is 0 Å². The van der Waals surface area contributed by atoms with Gasteiger partial charge in [0, 0.05) is 18.8 Å². The Bertz CT molecular complexity index is 434. The van der Waals surface area contributed by atoms with Gasteiger partial charge in [-0.1, -0.05) is 13.3 Å². The molecule has 0 aromatic heterocycles. The lowest BCUT2D eigenvalue weighted by Gasteiger charge is -2.22. The van der Waals surface area contributed by atoms with Crippen LogP contribution in [0.5, 0.6) is 0 Å². The fraction of sp³-hybridized carbons (Fsp3) is 0.900. The predicted molar refractivity (Wildman–Crippen MR) is 59.1 cm³/mol. The first-order valence-corrected chi connectivity index (χ1v) is 7.13. The molecule has 2 rings (SSSR count). The van der Waals surface area contributed by atoms with E-state index >= 15 is 0 Å². The normalized spacial score (nSPS) is 38.9. The zero-order valence-corrected chi connectivity index (χ0v) is 10.8. The number of rotatable bonds is 3. The van der Waals surface area contributed by atoms with Crippen molar-refractivity contribution in [3.8, 4) is 0 Å². The van der Waals surface area contributed by atoms with Gasteiger partial charge in [-0.25, -0.2) is 0 Å². The third-order valence-corrected chi connectivity index (χ3v) is 4.53. The Morgan fingerprint density at radius 1 is 1.53 bits per heavy atom. The average Bonchev–Trinajstić information content (AvgIpc) is 2.69. The van der Waals surface area contributed by atoms with Gasteiger partial charge >= 0.3 is 16.3 Å². The maximum absolute atomic E-state index is 11.5. The second-order valence-corrected chi connectivity index (χ2v) is 6.10. The molecule has 1 aliphatic carbocycles. The minimum atomic E-state index is -3.81. The van der Waals surface area contributed by atoms with E-state index in [2.05, 4.69) is 4.72 Å². The molecular formula is C10H17NO5S. The lowest BCUT2D eigenvalue weighted by molar-refractivity contribution is -0.152. The minimum absolute atomic E-state index is 0.137. The second-order valence-electron chi connectivity index (χ2n) is 4.76. The number of hydrogen-bond acceptors (Lipinski definition) is 5. The number of carbonyl (C=O) groups excluding carboxylic acids is 1. The van der Waals surface area contributed by atoms with Gasteiger partial charge in [0.2, 0.25) is 0 Å². The molecule has 0 radical (unpaired) electrons. The number of ether oxygens (including phenoxy) is 1. The molecule has 2 aliphatic rings. The Hall–Kier alpha value is -0.660. The maximum atomic E-state index is 11.5. The molecule has 2 fully saturated rings. The van der Waals surface area contributed by atoms with Crippen LogP contribution in [0, 0.1) is 5.41 Å². The monoisotopic (exact) mass is 263 g/mol. The van der Waals surface area contributed by atoms with Gasteiger partial charge in [0.1, 0.15) is 0 Å². The van der Waals surface area contributed by atoms with Crippen LogP contribution in [0.4, 0.5) is 0 Å². The molecule has 1 aliphatic heterocycles. The smallest absolute Gasteiger partial charge is 0.339 e. The molecule has 6 nitrogen and oxygen atoms in total. The molecule has 2 atom stereocenters. The zero-order valence-electron chi connectivity index (χ0n) is 9.99. The molecule has 0 amide bonds. The van der Waals surface area contributed by atoms with Crippen molar-refractivity contribution < 1.29 is 22.1 Å². The van der Waals surface area contributed by atoms with E-state index in [0.29, 0.717) is 12.8 Å². The third-order valence-electron chi connectivity index (χ3n) is 3.47. The molecule has 0 bridgehead atoms. The topological polar surface area (TPSA) is 81.7 Å². The summed E-state index contributed by atoms with van der Waals surface area (Å²) >= 11 is 0. The summed E-state index contributed by atoms with van der Waals surface area (Å²) < 4.78 is 35.4. The molecule has 1 N–H and O–H groups in total. The van der Waals surface area contributed by atoms with Gasteiger partial charge in [0.15, 0.2) is 5.72 Å². The minimum Gasteiger partial charge on any atom is -0.442 e. The molecule has 98 valence electrons. The summed E-state index contributed by atoms with van der Waals surface area (Å²) in [5.41, 5.74) is -1.37. The molecule has 1 saturated carbocycles. The van der Waals surface area contributed by atoms with E-state index in [1.807, 2.05) is 6.92 Å². The van der Waals surface area contributed by atoms with E-state index in [1.54, 1.807) is 0 Å². The van der Waals surface area contributed by atoms with Crippen molar-refractivity contribution in [2.45, 2.75) is 45.3 Å². The van der Waals surface area contributed by atoms with Gasteiger partial charge < -0.3 is 4.74 Å². The van der Waals surface area contributed by atoms with E-state index in [0.717, 1.165) is 12.8 Å². The third kappa shape index (κ3) is 2.19. The lowest BCUT2D eigenvalue weighted by atomic mass is 9.95. The first-order valence-electron chi connectivity index (χ1n) is 5.73. The summed E-state index contributed by atoms with van der Waals surface area (Å²) in [5, 5.41) is 0. The Morgan fingerprint density at radius 2 is 2.24 bits per heavy atom. The molecule has 0 unspecified atom stereocenters. The van der Waals surface area contributed by atoms with Gasteiger partial charge in [0.25, 0.3) is 0 Å². The van der Waals surface area contributed by atoms with Crippen molar-refractivity contribution >= 4 is 16.3 Å². The highest BCUT2D eigenvalue weighted by Gasteiger charge is 2.72. The van der Waals surface area contributed by atoms with Crippen LogP contribution >= 0.6 is 0 Å². The molecule has 7 heteroatoms. The van der Waals surface area contributed by atoms with Gasteiger partial charge in [-0.05, 0) is 12.8 Å². The summed E-state index contributed by atoms with van der Waals surface area (Å²) in [6, 6.07) is 0. The SMILES string of the molecule is CCC[C@]12CCOS(=O)(=O)N[C@@]1(OC(C)=O)C2. The lowest BCUT2D eigenvalue weighted by Crippen LogP contribution is -2.43. The second kappa shape index (κ2) is 3.93. The summed E-state index contributed by atoms with van der Waals surface area (Å²) in [6.07, 6.45) is 2.84. The van der Waals surface area contributed by atoms with Crippen LogP contribution < -0.4 is 4.72 Å². The number of carbonyl (C=O) groups is 1. The van der Waals surface area contributed by atoms with Crippen molar-refractivity contribution in [3.05, 3.63) is 0 Å². The van der Waals surface area contributed by atoms with E-state index in [-0.39, 0.29) is 12.0 Å². The van der Waals surface area contributed by atoms with Gasteiger partial charge in [-0.3, -0.25) is 8.98 Å². The van der Waals surface area contributed by atoms with Crippen LogP contribution in [0.3, 0.4) is 0 Å². The molecule has 0 aromatic rings. The maximum Gasteiger partial charge on any atom is 0.339 e. The molecule has 0 spiro atoms. The van der Waals surface area contributed by atoms with Gasteiger partial charge in [0.05, 0.1) is 6.61 Å². The number of fused-ring (bicyclic) bond motifs is 1. The summed E-state index contributed by atoms with van der Waals surface area (Å²) in [6.45, 7) is 3.44. The summed E-state index contributed by atoms with van der Waals surface area (Å²) in [7, 11) is -3.81. The van der Waals surface area contributed by atoms with Crippen LogP contribution in [0.25, 0.3) is 0 Å². The first-order chi connectivity index (χ1) is 7.85. The highest BCUT2D eigenvalue weighted by Crippen LogP contribution is 2.63. The first kappa shape index (κ1) is 12.8. The van der Waals surface area contributed by atoms with Crippen LogP contribution in [0.1, 0.15) is 39.5 Å². The fourth-order valence-corrected chi connectivity index (χ4v) is 3.85. The van der Waals surface area contributed by atoms with E-state index < -0.39 is 22.0 Å². The average molecular weight is 263 g/mol. The Balaban J connectivity index is 2.28.